The van der Waals surface area contributed by atoms with Crippen LogP contribution >= 0.6 is 0 Å². The lowest BCUT2D eigenvalue weighted by Gasteiger charge is -2.19. The van der Waals surface area contributed by atoms with E-state index in [1.165, 1.54) is 0 Å². The van der Waals surface area contributed by atoms with Crippen LogP contribution in [0, 0.1) is 0 Å². The number of amides is 1. The molecule has 0 N–H and O–H groups in total. The Morgan fingerprint density at radius 3 is 2.77 bits per heavy atom. The highest BCUT2D eigenvalue weighted by Crippen LogP contribution is 2.33. The molecule has 0 aliphatic carbocycles. The standard InChI is InChI=1S/C21H25NO4/c1-4-15(2)17-7-5-6-8-18(17)24-13-21(23)22(3)12-16-9-10-19-20(11-16)26-14-25-19/h5-11,15H,4,12-14H2,1-3H3. The zero-order valence-electron chi connectivity index (χ0n) is 15.5. The molecule has 0 bridgehead atoms. The fourth-order valence-electron chi connectivity index (χ4n) is 2.89. The summed E-state index contributed by atoms with van der Waals surface area (Å²) in [7, 11) is 1.77. The van der Waals surface area contributed by atoms with E-state index >= 15 is 0 Å². The van der Waals surface area contributed by atoms with Crippen LogP contribution in [-0.4, -0.2) is 31.3 Å². The summed E-state index contributed by atoms with van der Waals surface area (Å²) in [5, 5.41) is 0. The van der Waals surface area contributed by atoms with Gasteiger partial charge < -0.3 is 19.1 Å². The molecule has 1 heterocycles. The van der Waals surface area contributed by atoms with Crippen LogP contribution in [-0.2, 0) is 11.3 Å². The van der Waals surface area contributed by atoms with Gasteiger partial charge in [-0.25, -0.2) is 0 Å². The summed E-state index contributed by atoms with van der Waals surface area (Å²) < 4.78 is 16.5. The molecule has 5 heteroatoms. The SMILES string of the molecule is CCC(C)c1ccccc1OCC(=O)N(C)Cc1ccc2c(c1)OCO2. The van der Waals surface area contributed by atoms with Gasteiger partial charge in [-0.1, -0.05) is 38.1 Å². The Balaban J connectivity index is 1.58. The molecular formula is C21H25NO4. The lowest BCUT2D eigenvalue weighted by molar-refractivity contribution is -0.132. The van der Waals surface area contributed by atoms with E-state index in [-0.39, 0.29) is 19.3 Å². The number of hydrogen-bond acceptors (Lipinski definition) is 4. The van der Waals surface area contributed by atoms with E-state index in [1.807, 2.05) is 36.4 Å². The third-order valence-corrected chi connectivity index (χ3v) is 4.70. The molecular weight excluding hydrogens is 330 g/mol. The first kappa shape index (κ1) is 18.1. The second kappa shape index (κ2) is 8.13. The minimum absolute atomic E-state index is 0.0223. The molecule has 1 aliphatic rings. The third kappa shape index (κ3) is 4.10. The van der Waals surface area contributed by atoms with Gasteiger partial charge in [-0.05, 0) is 41.7 Å². The van der Waals surface area contributed by atoms with Crippen molar-refractivity contribution in [1.82, 2.24) is 4.90 Å². The van der Waals surface area contributed by atoms with Crippen LogP contribution in [0.1, 0.15) is 37.3 Å². The van der Waals surface area contributed by atoms with Crippen molar-refractivity contribution in [2.24, 2.45) is 0 Å². The summed E-state index contributed by atoms with van der Waals surface area (Å²) in [5.41, 5.74) is 2.13. The maximum atomic E-state index is 12.5. The Hall–Kier alpha value is -2.69. The highest BCUT2D eigenvalue weighted by Gasteiger charge is 2.16. The summed E-state index contributed by atoms with van der Waals surface area (Å²) in [5.74, 6) is 2.58. The van der Waals surface area contributed by atoms with Gasteiger partial charge in [-0.15, -0.1) is 0 Å². The fraction of sp³-hybridized carbons (Fsp3) is 0.381. The molecule has 1 aliphatic heterocycles. The largest absolute Gasteiger partial charge is 0.483 e. The molecule has 0 spiro atoms. The predicted molar refractivity (Wildman–Crippen MR) is 99.7 cm³/mol. The van der Waals surface area contributed by atoms with Crippen molar-refractivity contribution < 1.29 is 19.0 Å². The van der Waals surface area contributed by atoms with Gasteiger partial charge in [0.15, 0.2) is 18.1 Å². The van der Waals surface area contributed by atoms with Crippen LogP contribution in [0.5, 0.6) is 17.2 Å². The quantitative estimate of drug-likeness (QED) is 0.754. The molecule has 3 rings (SSSR count). The number of carbonyl (C=O) groups excluding carboxylic acids is 1. The topological polar surface area (TPSA) is 48.0 Å². The maximum Gasteiger partial charge on any atom is 0.260 e. The number of nitrogens with zero attached hydrogens (tertiary/aromatic N) is 1. The van der Waals surface area contributed by atoms with Gasteiger partial charge in [0.2, 0.25) is 6.79 Å². The van der Waals surface area contributed by atoms with E-state index in [0.29, 0.717) is 12.5 Å². The van der Waals surface area contributed by atoms with Crippen LogP contribution in [0.25, 0.3) is 0 Å². The molecule has 1 unspecified atom stereocenters. The Bertz CT molecular complexity index is 774. The minimum Gasteiger partial charge on any atom is -0.483 e. The Morgan fingerprint density at radius 2 is 1.96 bits per heavy atom. The monoisotopic (exact) mass is 355 g/mol. The number of rotatable bonds is 7. The summed E-state index contributed by atoms with van der Waals surface area (Å²) in [6, 6.07) is 13.6. The van der Waals surface area contributed by atoms with E-state index in [2.05, 4.69) is 19.9 Å². The van der Waals surface area contributed by atoms with Gasteiger partial charge in [-0.2, -0.15) is 0 Å². The number of likely N-dealkylation sites (N-methyl/N-ethyl adjacent to an activating group) is 1. The summed E-state index contributed by atoms with van der Waals surface area (Å²) in [4.78, 5) is 14.1. The van der Waals surface area contributed by atoms with Crippen molar-refractivity contribution in [3.05, 3.63) is 53.6 Å². The van der Waals surface area contributed by atoms with Crippen LogP contribution in [0.4, 0.5) is 0 Å². The molecule has 0 saturated heterocycles. The van der Waals surface area contributed by atoms with E-state index in [9.17, 15) is 4.79 Å². The van der Waals surface area contributed by atoms with E-state index in [0.717, 1.165) is 34.8 Å². The molecule has 1 atom stereocenters. The van der Waals surface area contributed by atoms with Crippen molar-refractivity contribution in [2.75, 3.05) is 20.4 Å². The first-order valence-electron chi connectivity index (χ1n) is 8.92. The lowest BCUT2D eigenvalue weighted by Crippen LogP contribution is -2.31. The van der Waals surface area contributed by atoms with Crippen molar-refractivity contribution in [2.45, 2.75) is 32.7 Å². The highest BCUT2D eigenvalue weighted by atomic mass is 16.7. The Kier molecular flexibility index (Phi) is 5.66. The molecule has 0 radical (unpaired) electrons. The minimum atomic E-state index is -0.0679. The number of hydrogen-bond donors (Lipinski definition) is 0. The molecule has 5 nitrogen and oxygen atoms in total. The number of carbonyl (C=O) groups is 1. The van der Waals surface area contributed by atoms with Crippen LogP contribution in [0.3, 0.4) is 0 Å². The normalized spacial score (nSPS) is 13.3. The van der Waals surface area contributed by atoms with Gasteiger partial charge >= 0.3 is 0 Å². The van der Waals surface area contributed by atoms with E-state index in [4.69, 9.17) is 14.2 Å². The van der Waals surface area contributed by atoms with Crippen LogP contribution in [0.2, 0.25) is 0 Å². The first-order chi connectivity index (χ1) is 12.6. The van der Waals surface area contributed by atoms with Gasteiger partial charge in [0.1, 0.15) is 5.75 Å². The summed E-state index contributed by atoms with van der Waals surface area (Å²) in [6.45, 7) is 5.07. The summed E-state index contributed by atoms with van der Waals surface area (Å²) in [6.07, 6.45) is 1.03. The van der Waals surface area contributed by atoms with E-state index in [1.54, 1.807) is 11.9 Å². The predicted octanol–water partition coefficient (Wildman–Crippen LogP) is 3.97. The molecule has 2 aromatic rings. The molecule has 0 saturated carbocycles. The zero-order valence-corrected chi connectivity index (χ0v) is 15.5. The second-order valence-electron chi connectivity index (χ2n) is 6.57. The molecule has 26 heavy (non-hydrogen) atoms. The number of benzene rings is 2. The van der Waals surface area contributed by atoms with Gasteiger partial charge in [-0.3, -0.25) is 4.79 Å². The van der Waals surface area contributed by atoms with Gasteiger partial charge in [0.05, 0.1) is 0 Å². The van der Waals surface area contributed by atoms with Crippen molar-refractivity contribution in [3.8, 4) is 17.2 Å². The molecule has 1 amide bonds. The number of fused-ring (bicyclic) bond motifs is 1. The first-order valence-corrected chi connectivity index (χ1v) is 8.92. The molecule has 138 valence electrons. The second-order valence-corrected chi connectivity index (χ2v) is 6.57. The molecule has 0 aromatic heterocycles. The van der Waals surface area contributed by atoms with Crippen LogP contribution < -0.4 is 14.2 Å². The highest BCUT2D eigenvalue weighted by molar-refractivity contribution is 5.77. The van der Waals surface area contributed by atoms with Crippen molar-refractivity contribution >= 4 is 5.91 Å². The average molecular weight is 355 g/mol. The summed E-state index contributed by atoms with van der Waals surface area (Å²) >= 11 is 0. The van der Waals surface area contributed by atoms with Crippen LogP contribution in [0.15, 0.2) is 42.5 Å². The number of para-hydroxylation sites is 1. The third-order valence-electron chi connectivity index (χ3n) is 4.70. The maximum absolute atomic E-state index is 12.5. The van der Waals surface area contributed by atoms with Gasteiger partial charge in [0, 0.05) is 13.6 Å². The average Bonchev–Trinajstić information content (AvgIpc) is 3.13. The number of ether oxygens (including phenoxy) is 3. The fourth-order valence-corrected chi connectivity index (χ4v) is 2.89. The Morgan fingerprint density at radius 1 is 1.19 bits per heavy atom. The van der Waals surface area contributed by atoms with Gasteiger partial charge in [0.25, 0.3) is 5.91 Å². The van der Waals surface area contributed by atoms with Crippen molar-refractivity contribution in [1.29, 1.82) is 0 Å². The van der Waals surface area contributed by atoms with Crippen molar-refractivity contribution in [3.63, 3.8) is 0 Å². The smallest absolute Gasteiger partial charge is 0.260 e. The zero-order chi connectivity index (χ0) is 18.5. The molecule has 0 fully saturated rings. The van der Waals surface area contributed by atoms with E-state index < -0.39 is 0 Å². The lowest BCUT2D eigenvalue weighted by atomic mass is 9.98. The molecule has 2 aromatic carbocycles. The Labute approximate surface area is 154 Å².